The zero-order valence-electron chi connectivity index (χ0n) is 13.2. The maximum absolute atomic E-state index is 11.8. The highest BCUT2D eigenvalue weighted by atomic mass is 127. The van der Waals surface area contributed by atoms with E-state index in [0.717, 1.165) is 12.1 Å². The van der Waals surface area contributed by atoms with Crippen molar-refractivity contribution in [3.8, 4) is 0 Å². The van der Waals surface area contributed by atoms with Crippen LogP contribution in [0.5, 0.6) is 0 Å². The van der Waals surface area contributed by atoms with E-state index < -0.39 is 10.0 Å². The van der Waals surface area contributed by atoms with E-state index in [4.69, 9.17) is 5.73 Å². The maximum Gasteiger partial charge on any atom is 0.240 e. The van der Waals surface area contributed by atoms with Gasteiger partial charge < -0.3 is 11.1 Å². The second kappa shape index (κ2) is 10.0. The van der Waals surface area contributed by atoms with Crippen LogP contribution in [-0.2, 0) is 16.6 Å². The van der Waals surface area contributed by atoms with Gasteiger partial charge in [0.15, 0.2) is 5.96 Å². The number of nitrogens with two attached hydrogens (primary N) is 1. The van der Waals surface area contributed by atoms with Crippen molar-refractivity contribution in [3.63, 3.8) is 0 Å². The fourth-order valence-corrected chi connectivity index (χ4v) is 2.63. The predicted molar refractivity (Wildman–Crippen MR) is 101 cm³/mol. The Morgan fingerprint density at radius 3 is 2.36 bits per heavy atom. The summed E-state index contributed by atoms with van der Waals surface area (Å²) in [5, 5.41) is 3.03. The minimum Gasteiger partial charge on any atom is -0.370 e. The topological polar surface area (TPSA) is 96.6 Å². The Bertz CT molecular complexity index is 571. The Kier molecular flexibility index (Phi) is 9.61. The summed E-state index contributed by atoms with van der Waals surface area (Å²) in [5.74, 6) is 0.891. The van der Waals surface area contributed by atoms with Crippen LogP contribution in [0.4, 0.5) is 0 Å². The molecule has 0 saturated carbocycles. The van der Waals surface area contributed by atoms with Crippen LogP contribution in [-0.4, -0.2) is 27.5 Å². The number of aliphatic imine (C=N–C) groups is 1. The lowest BCUT2D eigenvalue weighted by molar-refractivity contribution is 0.584. The summed E-state index contributed by atoms with van der Waals surface area (Å²) in [6.45, 7) is 7.47. The molecule has 0 unspecified atom stereocenters. The van der Waals surface area contributed by atoms with Gasteiger partial charge in [-0.3, -0.25) is 0 Å². The monoisotopic (exact) mass is 440 g/mol. The minimum absolute atomic E-state index is 0. The number of nitrogens with one attached hydrogen (secondary N) is 2. The molecular formula is C14H25IN4O2S. The van der Waals surface area contributed by atoms with Gasteiger partial charge in [-0.1, -0.05) is 32.9 Å². The molecule has 4 N–H and O–H groups in total. The molecule has 0 aliphatic carbocycles. The molecule has 126 valence electrons. The highest BCUT2D eigenvalue weighted by Crippen LogP contribution is 2.11. The molecule has 0 fully saturated rings. The van der Waals surface area contributed by atoms with Crippen molar-refractivity contribution in [2.24, 2.45) is 16.6 Å². The Balaban J connectivity index is 0.00000441. The van der Waals surface area contributed by atoms with Crippen molar-refractivity contribution in [3.05, 3.63) is 29.8 Å². The van der Waals surface area contributed by atoms with E-state index in [9.17, 15) is 8.42 Å². The summed E-state index contributed by atoms with van der Waals surface area (Å²) < 4.78 is 26.0. The van der Waals surface area contributed by atoms with Gasteiger partial charge in [-0.25, -0.2) is 18.1 Å². The Morgan fingerprint density at radius 1 is 1.27 bits per heavy atom. The van der Waals surface area contributed by atoms with E-state index in [1.807, 2.05) is 0 Å². The Labute approximate surface area is 150 Å². The van der Waals surface area contributed by atoms with Crippen LogP contribution in [0, 0.1) is 5.92 Å². The van der Waals surface area contributed by atoms with Crippen LogP contribution in [0.2, 0.25) is 0 Å². The summed E-state index contributed by atoms with van der Waals surface area (Å²) in [6.07, 6.45) is 0. The number of benzene rings is 1. The third-order valence-corrected chi connectivity index (χ3v) is 4.25. The summed E-state index contributed by atoms with van der Waals surface area (Å²) in [4.78, 5) is 4.47. The number of guanidine groups is 1. The molecule has 0 radical (unpaired) electrons. The lowest BCUT2D eigenvalue weighted by Crippen LogP contribution is -2.34. The summed E-state index contributed by atoms with van der Waals surface area (Å²) >= 11 is 0. The van der Waals surface area contributed by atoms with E-state index in [1.165, 1.54) is 0 Å². The molecule has 1 aromatic rings. The molecule has 0 heterocycles. The molecule has 0 atom stereocenters. The van der Waals surface area contributed by atoms with Crippen molar-refractivity contribution >= 4 is 40.0 Å². The Morgan fingerprint density at radius 2 is 1.86 bits per heavy atom. The molecule has 6 nitrogen and oxygen atoms in total. The van der Waals surface area contributed by atoms with Gasteiger partial charge in [0, 0.05) is 13.1 Å². The predicted octanol–water partition coefficient (Wildman–Crippen LogP) is 1.66. The van der Waals surface area contributed by atoms with Crippen molar-refractivity contribution in [1.29, 1.82) is 0 Å². The summed E-state index contributed by atoms with van der Waals surface area (Å²) in [6, 6.07) is 6.62. The average Bonchev–Trinajstić information content (AvgIpc) is 2.43. The van der Waals surface area contributed by atoms with Gasteiger partial charge in [0.05, 0.1) is 11.4 Å². The SMILES string of the molecule is CCNS(=O)(=O)c1ccc(CN=C(N)NCC(C)C)cc1.I. The minimum atomic E-state index is -3.40. The maximum atomic E-state index is 11.8. The molecule has 0 aromatic heterocycles. The molecule has 0 aliphatic heterocycles. The van der Waals surface area contributed by atoms with Gasteiger partial charge >= 0.3 is 0 Å². The fraction of sp³-hybridized carbons (Fsp3) is 0.500. The third-order valence-electron chi connectivity index (χ3n) is 2.69. The van der Waals surface area contributed by atoms with Gasteiger partial charge in [-0.2, -0.15) is 0 Å². The first-order valence-corrected chi connectivity index (χ1v) is 8.46. The molecule has 0 spiro atoms. The van der Waals surface area contributed by atoms with Crippen LogP contribution in [0.25, 0.3) is 0 Å². The van der Waals surface area contributed by atoms with Crippen molar-refractivity contribution in [1.82, 2.24) is 10.0 Å². The first kappa shape index (κ1) is 21.1. The molecule has 8 heteroatoms. The number of sulfonamides is 1. The van der Waals surface area contributed by atoms with E-state index in [1.54, 1.807) is 31.2 Å². The van der Waals surface area contributed by atoms with Crippen LogP contribution in [0.15, 0.2) is 34.2 Å². The van der Waals surface area contributed by atoms with Crippen molar-refractivity contribution < 1.29 is 8.42 Å². The highest BCUT2D eigenvalue weighted by Gasteiger charge is 2.11. The molecule has 0 aliphatic rings. The number of hydrogen-bond acceptors (Lipinski definition) is 3. The third kappa shape index (κ3) is 7.41. The quantitative estimate of drug-likeness (QED) is 0.342. The van der Waals surface area contributed by atoms with Crippen LogP contribution in [0.1, 0.15) is 26.3 Å². The molecule has 1 aromatic carbocycles. The fourth-order valence-electron chi connectivity index (χ4n) is 1.59. The summed E-state index contributed by atoms with van der Waals surface area (Å²) in [5.41, 5.74) is 6.64. The Hall–Kier alpha value is -0.870. The lowest BCUT2D eigenvalue weighted by Gasteiger charge is -2.08. The van der Waals surface area contributed by atoms with E-state index in [0.29, 0.717) is 25.0 Å². The molecule has 22 heavy (non-hydrogen) atoms. The van der Waals surface area contributed by atoms with E-state index in [2.05, 4.69) is 28.9 Å². The average molecular weight is 440 g/mol. The zero-order valence-corrected chi connectivity index (χ0v) is 16.3. The van der Waals surface area contributed by atoms with E-state index in [-0.39, 0.29) is 28.9 Å². The first-order chi connectivity index (χ1) is 9.85. The summed E-state index contributed by atoms with van der Waals surface area (Å²) in [7, 11) is -3.40. The van der Waals surface area contributed by atoms with Crippen molar-refractivity contribution in [2.75, 3.05) is 13.1 Å². The molecular weight excluding hydrogens is 415 g/mol. The zero-order chi connectivity index (χ0) is 15.9. The van der Waals surface area contributed by atoms with Gasteiger partial charge in [0.2, 0.25) is 10.0 Å². The smallest absolute Gasteiger partial charge is 0.240 e. The number of hydrogen-bond donors (Lipinski definition) is 3. The van der Waals surface area contributed by atoms with Gasteiger partial charge in [0.25, 0.3) is 0 Å². The molecule has 1 rings (SSSR count). The van der Waals surface area contributed by atoms with Crippen LogP contribution < -0.4 is 15.8 Å². The van der Waals surface area contributed by atoms with Gasteiger partial charge in [-0.15, -0.1) is 24.0 Å². The van der Waals surface area contributed by atoms with Gasteiger partial charge in [0.1, 0.15) is 0 Å². The standard InChI is InChI=1S/C14H24N4O2S.HI/c1-4-18-21(19,20)13-7-5-12(6-8-13)10-17-14(15)16-9-11(2)3;/h5-8,11,18H,4,9-10H2,1-3H3,(H3,15,16,17);1H. The number of nitrogens with zero attached hydrogens (tertiary/aromatic N) is 1. The van der Waals surface area contributed by atoms with Crippen LogP contribution >= 0.6 is 24.0 Å². The van der Waals surface area contributed by atoms with Crippen molar-refractivity contribution in [2.45, 2.75) is 32.2 Å². The second-order valence-electron chi connectivity index (χ2n) is 5.12. The normalized spacial score (nSPS) is 12.1. The van der Waals surface area contributed by atoms with E-state index >= 15 is 0 Å². The van der Waals surface area contributed by atoms with Crippen LogP contribution in [0.3, 0.4) is 0 Å². The highest BCUT2D eigenvalue weighted by molar-refractivity contribution is 14.0. The molecule has 0 amide bonds. The first-order valence-electron chi connectivity index (χ1n) is 6.97. The lowest BCUT2D eigenvalue weighted by atomic mass is 10.2. The van der Waals surface area contributed by atoms with Gasteiger partial charge in [-0.05, 0) is 23.6 Å². The molecule has 0 bridgehead atoms. The number of halogens is 1. The molecule has 0 saturated heterocycles. The number of rotatable bonds is 7. The largest absolute Gasteiger partial charge is 0.370 e. The second-order valence-corrected chi connectivity index (χ2v) is 6.89.